The molecule has 6 nitrogen and oxygen atoms in total. The minimum atomic E-state index is 0. The molecule has 3 rings (SSSR count). The van der Waals surface area contributed by atoms with Crippen LogP contribution in [0.3, 0.4) is 0 Å². The molecule has 0 aliphatic heterocycles. The van der Waals surface area contributed by atoms with E-state index in [2.05, 4.69) is 32.6 Å². The van der Waals surface area contributed by atoms with Gasteiger partial charge < -0.3 is 15.6 Å². The molecule has 0 amide bonds. The van der Waals surface area contributed by atoms with Crippen molar-refractivity contribution in [1.82, 2.24) is 15.5 Å². The maximum Gasteiger partial charge on any atom is 0.228 e. The van der Waals surface area contributed by atoms with E-state index in [0.717, 1.165) is 18.5 Å². The SMILES string of the molecule is I.NC(=NCCc1nc(-c2ccc(Cl)cc2)no1)NCCc1ccccc1. The molecule has 1 aromatic heterocycles. The van der Waals surface area contributed by atoms with Gasteiger partial charge in [-0.3, -0.25) is 4.99 Å². The van der Waals surface area contributed by atoms with Gasteiger partial charge in [-0.1, -0.05) is 47.1 Å². The van der Waals surface area contributed by atoms with E-state index < -0.39 is 0 Å². The fourth-order valence-electron chi connectivity index (χ4n) is 2.38. The third-order valence-corrected chi connectivity index (χ3v) is 3.99. The minimum absolute atomic E-state index is 0. The first-order valence-electron chi connectivity index (χ1n) is 8.37. The Morgan fingerprint density at radius 3 is 2.56 bits per heavy atom. The summed E-state index contributed by atoms with van der Waals surface area (Å²) in [7, 11) is 0. The quantitative estimate of drug-likeness (QED) is 0.295. The van der Waals surface area contributed by atoms with E-state index >= 15 is 0 Å². The van der Waals surface area contributed by atoms with Crippen LogP contribution in [0.2, 0.25) is 5.02 Å². The number of hydrogen-bond acceptors (Lipinski definition) is 4. The molecule has 0 bridgehead atoms. The maximum atomic E-state index is 5.88. The number of benzene rings is 2. The van der Waals surface area contributed by atoms with E-state index in [-0.39, 0.29) is 24.0 Å². The lowest BCUT2D eigenvalue weighted by Gasteiger charge is -2.05. The first kappa shape index (κ1) is 21.2. The summed E-state index contributed by atoms with van der Waals surface area (Å²) in [5.74, 6) is 1.48. The number of aromatic nitrogens is 2. The van der Waals surface area contributed by atoms with Gasteiger partial charge in [0.2, 0.25) is 11.7 Å². The van der Waals surface area contributed by atoms with Crippen molar-refractivity contribution in [1.29, 1.82) is 0 Å². The van der Waals surface area contributed by atoms with E-state index in [1.54, 1.807) is 12.1 Å². The smallest absolute Gasteiger partial charge is 0.228 e. The highest BCUT2D eigenvalue weighted by molar-refractivity contribution is 14.0. The van der Waals surface area contributed by atoms with Crippen molar-refractivity contribution in [3.8, 4) is 11.4 Å². The zero-order chi connectivity index (χ0) is 18.2. The Morgan fingerprint density at radius 1 is 1.07 bits per heavy atom. The topological polar surface area (TPSA) is 89.3 Å². The van der Waals surface area contributed by atoms with Crippen LogP contribution in [0.15, 0.2) is 64.1 Å². The second kappa shape index (κ2) is 10.9. The van der Waals surface area contributed by atoms with Crippen molar-refractivity contribution in [3.63, 3.8) is 0 Å². The van der Waals surface area contributed by atoms with Gasteiger partial charge in [-0.25, -0.2) is 0 Å². The van der Waals surface area contributed by atoms with E-state index in [1.807, 2.05) is 30.3 Å². The summed E-state index contributed by atoms with van der Waals surface area (Å²) in [5.41, 5.74) is 7.99. The number of hydrogen-bond donors (Lipinski definition) is 2. The Morgan fingerprint density at radius 2 is 1.81 bits per heavy atom. The van der Waals surface area contributed by atoms with Gasteiger partial charge in [-0.2, -0.15) is 4.98 Å². The third-order valence-electron chi connectivity index (χ3n) is 3.74. The van der Waals surface area contributed by atoms with Crippen LogP contribution in [0.5, 0.6) is 0 Å². The molecule has 1 heterocycles. The van der Waals surface area contributed by atoms with E-state index in [9.17, 15) is 0 Å². The predicted molar refractivity (Wildman–Crippen MR) is 119 cm³/mol. The van der Waals surface area contributed by atoms with Crippen molar-refractivity contribution in [2.75, 3.05) is 13.1 Å². The zero-order valence-electron chi connectivity index (χ0n) is 14.6. The first-order chi connectivity index (χ1) is 12.7. The fourth-order valence-corrected chi connectivity index (χ4v) is 2.51. The number of halogens is 2. The van der Waals surface area contributed by atoms with Gasteiger partial charge in [0, 0.05) is 23.6 Å². The predicted octanol–water partition coefficient (Wildman–Crippen LogP) is 3.70. The molecule has 0 unspecified atom stereocenters. The van der Waals surface area contributed by atoms with Gasteiger partial charge in [0.1, 0.15) is 0 Å². The number of nitrogens with two attached hydrogens (primary N) is 1. The molecule has 142 valence electrons. The lowest BCUT2D eigenvalue weighted by atomic mass is 10.1. The average molecular weight is 498 g/mol. The lowest BCUT2D eigenvalue weighted by Crippen LogP contribution is -2.33. The third kappa shape index (κ3) is 6.84. The number of aliphatic imine (C=N–C) groups is 1. The van der Waals surface area contributed by atoms with Gasteiger partial charge in [-0.05, 0) is 36.2 Å². The summed E-state index contributed by atoms with van der Waals surface area (Å²) in [6.45, 7) is 1.22. The highest BCUT2D eigenvalue weighted by atomic mass is 127. The number of rotatable bonds is 7. The number of nitrogens with one attached hydrogen (secondary N) is 1. The Kier molecular flexibility index (Phi) is 8.53. The maximum absolute atomic E-state index is 5.88. The zero-order valence-corrected chi connectivity index (χ0v) is 17.7. The normalized spacial score (nSPS) is 11.1. The summed E-state index contributed by atoms with van der Waals surface area (Å²) in [4.78, 5) is 8.64. The monoisotopic (exact) mass is 497 g/mol. The molecule has 0 aliphatic carbocycles. The molecule has 0 saturated carbocycles. The van der Waals surface area contributed by atoms with Crippen LogP contribution >= 0.6 is 35.6 Å². The van der Waals surface area contributed by atoms with Gasteiger partial charge in [0.05, 0.1) is 6.54 Å². The fraction of sp³-hybridized carbons (Fsp3) is 0.211. The summed E-state index contributed by atoms with van der Waals surface area (Å²) >= 11 is 5.88. The van der Waals surface area contributed by atoms with E-state index in [4.69, 9.17) is 21.9 Å². The molecular formula is C19H21ClIN5O. The van der Waals surface area contributed by atoms with Gasteiger partial charge in [0.25, 0.3) is 0 Å². The lowest BCUT2D eigenvalue weighted by molar-refractivity contribution is 0.380. The van der Waals surface area contributed by atoms with Crippen molar-refractivity contribution < 1.29 is 4.52 Å². The minimum Gasteiger partial charge on any atom is -0.370 e. The molecule has 0 spiro atoms. The molecule has 0 radical (unpaired) electrons. The molecule has 3 N–H and O–H groups in total. The van der Waals surface area contributed by atoms with Crippen LogP contribution in [0, 0.1) is 0 Å². The molecule has 0 aliphatic rings. The van der Waals surface area contributed by atoms with Crippen molar-refractivity contribution in [2.45, 2.75) is 12.8 Å². The highest BCUT2D eigenvalue weighted by Crippen LogP contribution is 2.18. The van der Waals surface area contributed by atoms with E-state index in [0.29, 0.717) is 35.7 Å². The molecule has 8 heteroatoms. The average Bonchev–Trinajstić information content (AvgIpc) is 3.12. The van der Waals surface area contributed by atoms with Crippen LogP contribution in [-0.2, 0) is 12.8 Å². The van der Waals surface area contributed by atoms with Gasteiger partial charge in [-0.15, -0.1) is 24.0 Å². The first-order valence-corrected chi connectivity index (χ1v) is 8.75. The Balaban J connectivity index is 0.00000261. The van der Waals surface area contributed by atoms with Crippen molar-refractivity contribution >= 4 is 41.5 Å². The Hall–Kier alpha value is -2.13. The summed E-state index contributed by atoms with van der Waals surface area (Å²) in [6, 6.07) is 17.5. The molecule has 0 fully saturated rings. The van der Waals surface area contributed by atoms with Crippen molar-refractivity contribution in [2.24, 2.45) is 10.7 Å². The second-order valence-corrected chi connectivity index (χ2v) is 6.13. The summed E-state index contributed by atoms with van der Waals surface area (Å²) in [6.07, 6.45) is 1.42. The largest absolute Gasteiger partial charge is 0.370 e. The van der Waals surface area contributed by atoms with Crippen LogP contribution in [0.1, 0.15) is 11.5 Å². The molecule has 3 aromatic rings. The Bertz CT molecular complexity index is 852. The second-order valence-electron chi connectivity index (χ2n) is 5.70. The standard InChI is InChI=1S/C19H20ClN5O.HI/c20-16-8-6-15(7-9-16)18-24-17(26-25-18)11-13-23-19(21)22-12-10-14-4-2-1-3-5-14;/h1-9H,10-13H2,(H3,21,22,23);1H. The molecule has 0 saturated heterocycles. The number of nitrogens with zero attached hydrogens (tertiary/aromatic N) is 3. The highest BCUT2D eigenvalue weighted by Gasteiger charge is 2.08. The molecular weight excluding hydrogens is 477 g/mol. The van der Waals surface area contributed by atoms with Crippen molar-refractivity contribution in [3.05, 3.63) is 71.1 Å². The summed E-state index contributed by atoms with van der Waals surface area (Å²) < 4.78 is 5.25. The molecule has 2 aromatic carbocycles. The van der Waals surface area contributed by atoms with E-state index in [1.165, 1.54) is 5.56 Å². The van der Waals surface area contributed by atoms with Crippen LogP contribution in [0.25, 0.3) is 11.4 Å². The molecule has 27 heavy (non-hydrogen) atoms. The van der Waals surface area contributed by atoms with Crippen LogP contribution in [0.4, 0.5) is 0 Å². The van der Waals surface area contributed by atoms with Crippen LogP contribution in [-0.4, -0.2) is 29.2 Å². The number of guanidine groups is 1. The summed E-state index contributed by atoms with van der Waals surface area (Å²) in [5, 5.41) is 7.74. The molecule has 0 atom stereocenters. The van der Waals surface area contributed by atoms with Crippen LogP contribution < -0.4 is 11.1 Å². The van der Waals surface area contributed by atoms with Gasteiger partial charge in [0.15, 0.2) is 5.96 Å². The Labute approximate surface area is 180 Å². The van der Waals surface area contributed by atoms with Gasteiger partial charge >= 0.3 is 0 Å².